The first-order chi connectivity index (χ1) is 12.5. The molecule has 2 rings (SSSR count). The van der Waals surface area contributed by atoms with Gasteiger partial charge in [-0.3, -0.25) is 19.7 Å². The number of thioether (sulfide) groups is 1. The lowest BCUT2D eigenvalue weighted by Gasteiger charge is -2.05. The molecule has 138 valence electrons. The van der Waals surface area contributed by atoms with Crippen LogP contribution in [-0.4, -0.2) is 42.3 Å². The van der Waals surface area contributed by atoms with Crippen LogP contribution in [0.3, 0.4) is 0 Å². The van der Waals surface area contributed by atoms with Gasteiger partial charge in [0.2, 0.25) is 0 Å². The predicted octanol–water partition coefficient (Wildman–Crippen LogP) is 2.27. The fraction of sp³-hybridized carbons (Fsp3) is 0.250. The van der Waals surface area contributed by atoms with Gasteiger partial charge in [-0.1, -0.05) is 12.1 Å². The number of benzene rings is 1. The summed E-state index contributed by atoms with van der Waals surface area (Å²) >= 11 is 2.12. The van der Waals surface area contributed by atoms with Crippen LogP contribution in [0.4, 0.5) is 9.52 Å². The lowest BCUT2D eigenvalue weighted by atomic mass is 10.3. The first kappa shape index (κ1) is 19.9. The minimum absolute atomic E-state index is 0.00508. The Bertz CT molecular complexity index is 796. The number of ether oxygens (including phenoxy) is 2. The molecule has 0 unspecified atom stereocenters. The molecule has 1 aromatic carbocycles. The molecule has 0 bridgehead atoms. The van der Waals surface area contributed by atoms with Crippen LogP contribution in [0, 0.1) is 5.82 Å². The third-order valence-corrected chi connectivity index (χ3v) is 4.73. The van der Waals surface area contributed by atoms with Gasteiger partial charge in [0.15, 0.2) is 11.7 Å². The van der Waals surface area contributed by atoms with E-state index in [1.807, 2.05) is 0 Å². The number of methoxy groups -OCH3 is 1. The second-order valence-electron chi connectivity index (χ2n) is 4.82. The van der Waals surface area contributed by atoms with E-state index in [4.69, 9.17) is 4.74 Å². The quantitative estimate of drug-likeness (QED) is 0.538. The molecule has 0 fully saturated rings. The van der Waals surface area contributed by atoms with E-state index in [0.717, 1.165) is 23.1 Å². The molecule has 1 aromatic heterocycles. The zero-order chi connectivity index (χ0) is 18.9. The second kappa shape index (κ2) is 9.88. The molecule has 2 aromatic rings. The number of amides is 1. The number of carbonyl (C=O) groups is 3. The van der Waals surface area contributed by atoms with E-state index >= 15 is 0 Å². The highest BCUT2D eigenvalue weighted by atomic mass is 32.2. The van der Waals surface area contributed by atoms with Gasteiger partial charge in [-0.05, 0) is 12.1 Å². The predicted molar refractivity (Wildman–Crippen MR) is 94.5 cm³/mol. The van der Waals surface area contributed by atoms with Crippen molar-refractivity contribution in [2.24, 2.45) is 0 Å². The van der Waals surface area contributed by atoms with Crippen molar-refractivity contribution in [2.45, 2.75) is 11.3 Å². The van der Waals surface area contributed by atoms with Crippen molar-refractivity contribution in [2.75, 3.05) is 24.8 Å². The van der Waals surface area contributed by atoms with Gasteiger partial charge in [0.25, 0.3) is 5.91 Å². The zero-order valence-electron chi connectivity index (χ0n) is 13.7. The molecule has 0 aliphatic heterocycles. The normalized spacial score (nSPS) is 10.2. The van der Waals surface area contributed by atoms with E-state index in [9.17, 15) is 18.8 Å². The number of hydrogen-bond donors (Lipinski definition) is 1. The molecule has 10 heteroatoms. The highest BCUT2D eigenvalue weighted by Gasteiger charge is 2.13. The average molecular weight is 398 g/mol. The van der Waals surface area contributed by atoms with Gasteiger partial charge in [0, 0.05) is 10.3 Å². The minimum atomic E-state index is -0.640. The van der Waals surface area contributed by atoms with Crippen LogP contribution >= 0.6 is 23.1 Å². The van der Waals surface area contributed by atoms with Crippen LogP contribution in [0.15, 0.2) is 34.5 Å². The number of rotatable bonds is 8. The molecule has 7 nitrogen and oxygen atoms in total. The summed E-state index contributed by atoms with van der Waals surface area (Å²) in [6, 6.07) is 6.06. The maximum atomic E-state index is 13.4. The molecule has 0 saturated heterocycles. The first-order valence-corrected chi connectivity index (χ1v) is 9.18. The number of anilines is 1. The van der Waals surface area contributed by atoms with Crippen molar-refractivity contribution in [3.63, 3.8) is 0 Å². The van der Waals surface area contributed by atoms with Crippen molar-refractivity contribution >= 4 is 46.1 Å². The molecule has 0 saturated carbocycles. The number of carbonyl (C=O) groups excluding carboxylic acids is 3. The summed E-state index contributed by atoms with van der Waals surface area (Å²) in [5, 5.41) is 4.36. The molecular weight excluding hydrogens is 383 g/mol. The van der Waals surface area contributed by atoms with Crippen LogP contribution < -0.4 is 5.32 Å². The van der Waals surface area contributed by atoms with Crippen LogP contribution in [0.2, 0.25) is 0 Å². The molecule has 26 heavy (non-hydrogen) atoms. The summed E-state index contributed by atoms with van der Waals surface area (Å²) in [6.45, 7) is -0.484. The van der Waals surface area contributed by atoms with Gasteiger partial charge in [-0.15, -0.1) is 23.1 Å². The Morgan fingerprint density at radius 3 is 2.77 bits per heavy atom. The van der Waals surface area contributed by atoms with E-state index < -0.39 is 30.3 Å². The Morgan fingerprint density at radius 2 is 2.04 bits per heavy atom. The molecule has 1 heterocycles. The molecule has 0 spiro atoms. The van der Waals surface area contributed by atoms with Gasteiger partial charge < -0.3 is 9.47 Å². The largest absolute Gasteiger partial charge is 0.469 e. The van der Waals surface area contributed by atoms with Gasteiger partial charge in [0.05, 0.1) is 25.0 Å². The van der Waals surface area contributed by atoms with E-state index in [0.29, 0.717) is 10.6 Å². The fourth-order valence-corrected chi connectivity index (χ4v) is 3.17. The Labute approximate surface area is 156 Å². The molecule has 1 N–H and O–H groups in total. The third kappa shape index (κ3) is 6.45. The molecule has 0 aliphatic rings. The summed E-state index contributed by atoms with van der Waals surface area (Å²) < 4.78 is 22.8. The van der Waals surface area contributed by atoms with E-state index in [1.54, 1.807) is 23.6 Å². The first-order valence-electron chi connectivity index (χ1n) is 7.32. The molecule has 0 radical (unpaired) electrons. The molecule has 1 amide bonds. The van der Waals surface area contributed by atoms with E-state index in [2.05, 4.69) is 15.0 Å². The molecule has 0 aliphatic carbocycles. The van der Waals surface area contributed by atoms with Crippen molar-refractivity contribution in [1.29, 1.82) is 0 Å². The summed E-state index contributed by atoms with van der Waals surface area (Å²) in [7, 11) is 1.27. The minimum Gasteiger partial charge on any atom is -0.469 e. The highest BCUT2D eigenvalue weighted by molar-refractivity contribution is 8.00. The van der Waals surface area contributed by atoms with Crippen molar-refractivity contribution < 1.29 is 28.2 Å². The van der Waals surface area contributed by atoms with E-state index in [-0.39, 0.29) is 17.3 Å². The van der Waals surface area contributed by atoms with Crippen LogP contribution in [0.5, 0.6) is 0 Å². The van der Waals surface area contributed by atoms with E-state index in [1.165, 1.54) is 13.2 Å². The molecular formula is C16H15FN2O5S2. The summed E-state index contributed by atoms with van der Waals surface area (Å²) in [6.07, 6.45) is 0.00508. The third-order valence-electron chi connectivity index (χ3n) is 2.90. The summed E-state index contributed by atoms with van der Waals surface area (Å²) in [5.41, 5.74) is 0.468. The number of nitrogens with one attached hydrogen (secondary N) is 1. The monoisotopic (exact) mass is 398 g/mol. The SMILES string of the molecule is COC(=O)Cc1csc(NC(=O)COC(=O)CSc2ccccc2F)n1. The van der Waals surface area contributed by atoms with Crippen LogP contribution in [-0.2, 0) is 30.3 Å². The van der Waals surface area contributed by atoms with Crippen LogP contribution in [0.25, 0.3) is 0 Å². The Morgan fingerprint density at radius 1 is 1.27 bits per heavy atom. The summed E-state index contributed by atoms with van der Waals surface area (Å²) in [5.74, 6) is -2.18. The number of hydrogen-bond acceptors (Lipinski definition) is 8. The maximum absolute atomic E-state index is 13.4. The lowest BCUT2D eigenvalue weighted by Crippen LogP contribution is -2.21. The van der Waals surface area contributed by atoms with Gasteiger partial charge >= 0.3 is 11.9 Å². The number of esters is 2. The van der Waals surface area contributed by atoms with Crippen molar-refractivity contribution in [1.82, 2.24) is 4.98 Å². The van der Waals surface area contributed by atoms with Crippen molar-refractivity contribution in [3.05, 3.63) is 41.2 Å². The average Bonchev–Trinajstić information content (AvgIpc) is 3.05. The zero-order valence-corrected chi connectivity index (χ0v) is 15.3. The number of halogens is 1. The lowest BCUT2D eigenvalue weighted by molar-refractivity contribution is -0.144. The van der Waals surface area contributed by atoms with Gasteiger partial charge in [-0.2, -0.15) is 0 Å². The highest BCUT2D eigenvalue weighted by Crippen LogP contribution is 2.21. The number of aromatic nitrogens is 1. The Hall–Kier alpha value is -2.46. The van der Waals surface area contributed by atoms with Crippen molar-refractivity contribution in [3.8, 4) is 0 Å². The van der Waals surface area contributed by atoms with Crippen LogP contribution in [0.1, 0.15) is 5.69 Å². The molecule has 0 atom stereocenters. The topological polar surface area (TPSA) is 94.6 Å². The standard InChI is InChI=1S/C16H15FN2O5S2/c1-23-14(21)6-10-8-26-16(18-10)19-13(20)7-24-15(22)9-25-12-5-3-2-4-11(12)17/h2-5,8H,6-7,9H2,1H3,(H,18,19,20). The van der Waals surface area contributed by atoms with Gasteiger partial charge in [-0.25, -0.2) is 9.37 Å². The fourth-order valence-electron chi connectivity index (χ4n) is 1.71. The Balaban J connectivity index is 1.72. The smallest absolute Gasteiger partial charge is 0.316 e. The summed E-state index contributed by atoms with van der Waals surface area (Å²) in [4.78, 5) is 38.9. The maximum Gasteiger partial charge on any atom is 0.316 e. The number of thiazole rings is 1. The second-order valence-corrected chi connectivity index (χ2v) is 6.70. The number of nitrogens with zero attached hydrogens (tertiary/aromatic N) is 1. The van der Waals surface area contributed by atoms with Gasteiger partial charge in [0.1, 0.15) is 5.82 Å². The Kier molecular flexibility index (Phi) is 7.54.